The predicted octanol–water partition coefficient (Wildman–Crippen LogP) is 7.62. The number of carbonyl (C=O) groups excluding carboxylic acids is 3. The van der Waals surface area contributed by atoms with Crippen molar-refractivity contribution in [2.75, 3.05) is 16.8 Å². The summed E-state index contributed by atoms with van der Waals surface area (Å²) in [5.41, 5.74) is 4.65. The average Bonchev–Trinajstić information content (AvgIpc) is 3.67. The topological polar surface area (TPSA) is 66.5 Å². The number of rotatable bonds is 6. The van der Waals surface area contributed by atoms with Crippen molar-refractivity contribution >= 4 is 56.2 Å². The number of nitrogens with one attached hydrogen (secondary N) is 1. The fourth-order valence-electron chi connectivity index (χ4n) is 4.80. The summed E-state index contributed by atoms with van der Waals surface area (Å²) in [4.78, 5) is 42.7. The summed E-state index contributed by atoms with van der Waals surface area (Å²) in [7, 11) is 0. The molecule has 0 spiro atoms. The van der Waals surface area contributed by atoms with E-state index in [1.54, 1.807) is 47.7 Å². The number of carbonyl (C=O) groups is 3. The summed E-state index contributed by atoms with van der Waals surface area (Å²) in [5.74, 6) is 0.485. The largest absolute Gasteiger partial charge is 0.322 e. The molecule has 0 radical (unpaired) electrons. The lowest BCUT2D eigenvalue weighted by Gasteiger charge is -2.23. The van der Waals surface area contributed by atoms with Crippen molar-refractivity contribution in [1.29, 1.82) is 0 Å². The fourth-order valence-corrected chi connectivity index (χ4v) is 6.34. The van der Waals surface area contributed by atoms with Crippen molar-refractivity contribution in [3.8, 4) is 10.4 Å². The van der Waals surface area contributed by atoms with Crippen LogP contribution in [-0.2, 0) is 6.42 Å². The van der Waals surface area contributed by atoms with Gasteiger partial charge < -0.3 is 10.2 Å². The second kappa shape index (κ2) is 10.3. The molecule has 38 heavy (non-hydrogen) atoms. The Hall–Kier alpha value is -3.55. The van der Waals surface area contributed by atoms with Crippen LogP contribution in [0.3, 0.4) is 0 Å². The Labute approximate surface area is 233 Å². The molecule has 5 nitrogen and oxygen atoms in total. The lowest BCUT2D eigenvalue weighted by Crippen LogP contribution is -2.32. The number of anilines is 2. The molecule has 1 aromatic heterocycles. The predicted molar refractivity (Wildman–Crippen MR) is 155 cm³/mol. The Bertz CT molecular complexity index is 1540. The monoisotopic (exact) mass is 584 g/mol. The molecule has 2 heterocycles. The van der Waals surface area contributed by atoms with E-state index in [4.69, 9.17) is 0 Å². The first kappa shape index (κ1) is 24.8. The maximum absolute atomic E-state index is 13.7. The van der Waals surface area contributed by atoms with Crippen LogP contribution in [0.2, 0.25) is 0 Å². The standard InChI is InChI=1S/C31H25BrN2O3S/c32-23-10-13-26-25(18-23)29-22(17-28(38-29)27(35)16-19-6-7-19)14-15-34(26)31(37)21-8-11-24(12-9-21)33-30(36)20-4-2-1-3-5-20/h1-5,8-13,17-19H,6-7,14-16H2,(H,33,36). The van der Waals surface area contributed by atoms with Crippen LogP contribution in [0.4, 0.5) is 11.4 Å². The molecule has 0 bridgehead atoms. The number of amides is 2. The first-order chi connectivity index (χ1) is 18.5. The maximum Gasteiger partial charge on any atom is 0.258 e. The lowest BCUT2D eigenvalue weighted by molar-refractivity contribution is 0.0974. The zero-order chi connectivity index (χ0) is 26.2. The van der Waals surface area contributed by atoms with E-state index < -0.39 is 0 Å². The summed E-state index contributed by atoms with van der Waals surface area (Å²) >= 11 is 5.14. The van der Waals surface area contributed by atoms with Gasteiger partial charge in [-0.1, -0.05) is 34.1 Å². The second-order valence-electron chi connectivity index (χ2n) is 9.80. The highest BCUT2D eigenvalue weighted by Crippen LogP contribution is 2.44. The minimum absolute atomic E-state index is 0.102. The van der Waals surface area contributed by atoms with Crippen molar-refractivity contribution in [3.63, 3.8) is 0 Å². The summed E-state index contributed by atoms with van der Waals surface area (Å²) in [6, 6.07) is 24.0. The van der Waals surface area contributed by atoms with E-state index in [0.29, 0.717) is 42.1 Å². The van der Waals surface area contributed by atoms with E-state index >= 15 is 0 Å². The molecule has 4 aromatic rings. The van der Waals surface area contributed by atoms with Crippen LogP contribution in [0, 0.1) is 5.92 Å². The third-order valence-electron chi connectivity index (χ3n) is 7.02. The van der Waals surface area contributed by atoms with E-state index in [0.717, 1.165) is 43.9 Å². The normalized spacial score (nSPS) is 14.3. The Kier molecular flexibility index (Phi) is 6.72. The maximum atomic E-state index is 13.7. The van der Waals surface area contributed by atoms with Crippen molar-refractivity contribution in [2.24, 2.45) is 5.92 Å². The van der Waals surface area contributed by atoms with Crippen molar-refractivity contribution < 1.29 is 14.4 Å². The smallest absolute Gasteiger partial charge is 0.258 e. The molecular formula is C31H25BrN2O3S. The molecule has 0 saturated heterocycles. The second-order valence-corrected chi connectivity index (χ2v) is 11.8. The van der Waals surface area contributed by atoms with Crippen LogP contribution in [-0.4, -0.2) is 24.1 Å². The van der Waals surface area contributed by atoms with Gasteiger partial charge in [-0.3, -0.25) is 14.4 Å². The van der Waals surface area contributed by atoms with Crippen LogP contribution in [0.5, 0.6) is 0 Å². The van der Waals surface area contributed by atoms with Gasteiger partial charge in [-0.25, -0.2) is 0 Å². The van der Waals surface area contributed by atoms with Crippen LogP contribution >= 0.6 is 27.3 Å². The molecule has 1 aliphatic carbocycles. The van der Waals surface area contributed by atoms with Gasteiger partial charge in [-0.15, -0.1) is 11.3 Å². The molecule has 2 aliphatic rings. The fraction of sp³-hybridized carbons (Fsp3) is 0.194. The number of fused-ring (bicyclic) bond motifs is 3. The van der Waals surface area contributed by atoms with Gasteiger partial charge in [0.25, 0.3) is 11.8 Å². The minimum Gasteiger partial charge on any atom is -0.322 e. The van der Waals surface area contributed by atoms with Crippen molar-refractivity contribution in [2.45, 2.75) is 25.7 Å². The highest BCUT2D eigenvalue weighted by molar-refractivity contribution is 9.10. The highest BCUT2D eigenvalue weighted by Gasteiger charge is 2.30. The van der Waals surface area contributed by atoms with E-state index in [1.807, 2.05) is 47.4 Å². The molecule has 1 aliphatic heterocycles. The van der Waals surface area contributed by atoms with Gasteiger partial charge in [0.1, 0.15) is 0 Å². The van der Waals surface area contributed by atoms with E-state index in [2.05, 4.69) is 21.2 Å². The molecule has 6 rings (SSSR count). The highest BCUT2D eigenvalue weighted by atomic mass is 79.9. The van der Waals surface area contributed by atoms with Crippen molar-refractivity contribution in [3.05, 3.63) is 105 Å². The molecule has 1 saturated carbocycles. The Morgan fingerprint density at radius 2 is 1.68 bits per heavy atom. The molecular weight excluding hydrogens is 560 g/mol. The van der Waals surface area contributed by atoms with E-state index in [9.17, 15) is 14.4 Å². The van der Waals surface area contributed by atoms with Gasteiger partial charge in [-0.05, 0) is 91.4 Å². The summed E-state index contributed by atoms with van der Waals surface area (Å²) in [5, 5.41) is 2.88. The average molecular weight is 586 g/mol. The lowest BCUT2D eigenvalue weighted by atomic mass is 10.1. The zero-order valence-corrected chi connectivity index (χ0v) is 23.0. The first-order valence-electron chi connectivity index (χ1n) is 12.7. The number of hydrogen-bond donors (Lipinski definition) is 1. The number of hydrogen-bond acceptors (Lipinski definition) is 4. The summed E-state index contributed by atoms with van der Waals surface area (Å²) in [6.45, 7) is 0.514. The summed E-state index contributed by atoms with van der Waals surface area (Å²) in [6.07, 6.45) is 3.62. The van der Waals surface area contributed by atoms with Gasteiger partial charge >= 0.3 is 0 Å². The Morgan fingerprint density at radius 3 is 2.42 bits per heavy atom. The van der Waals surface area contributed by atoms with Gasteiger partial charge in [0.05, 0.1) is 10.6 Å². The molecule has 2 amide bonds. The van der Waals surface area contributed by atoms with E-state index in [-0.39, 0.29) is 17.6 Å². The van der Waals surface area contributed by atoms with Gasteiger partial charge in [0.2, 0.25) is 0 Å². The molecule has 190 valence electrons. The Morgan fingerprint density at radius 1 is 0.921 bits per heavy atom. The van der Waals surface area contributed by atoms with Gasteiger partial charge in [0.15, 0.2) is 5.78 Å². The zero-order valence-electron chi connectivity index (χ0n) is 20.6. The minimum atomic E-state index is -0.196. The molecule has 7 heteroatoms. The number of ketones is 1. The van der Waals surface area contributed by atoms with Crippen molar-refractivity contribution in [1.82, 2.24) is 0 Å². The quantitative estimate of drug-likeness (QED) is 0.237. The Balaban J connectivity index is 1.25. The third-order valence-corrected chi connectivity index (χ3v) is 8.77. The van der Waals surface area contributed by atoms with Gasteiger partial charge in [-0.2, -0.15) is 0 Å². The molecule has 3 aromatic carbocycles. The molecule has 1 N–H and O–H groups in total. The van der Waals surface area contributed by atoms with Crippen LogP contribution in [0.1, 0.15) is 55.2 Å². The molecule has 1 fully saturated rings. The first-order valence-corrected chi connectivity index (χ1v) is 14.3. The van der Waals surface area contributed by atoms with Gasteiger partial charge in [0, 0.05) is 44.7 Å². The van der Waals surface area contributed by atoms with E-state index in [1.165, 1.54) is 0 Å². The molecule has 0 atom stereocenters. The number of Topliss-reactive ketones (excluding diaryl/α,β-unsaturated/α-hetero) is 1. The molecule has 0 unspecified atom stereocenters. The number of thiophene rings is 1. The number of benzene rings is 3. The summed E-state index contributed by atoms with van der Waals surface area (Å²) < 4.78 is 0.925. The van der Waals surface area contributed by atoms with Crippen LogP contribution in [0.25, 0.3) is 10.4 Å². The van der Waals surface area contributed by atoms with Crippen LogP contribution < -0.4 is 10.2 Å². The number of nitrogens with zero attached hydrogens (tertiary/aromatic N) is 1. The SMILES string of the molecule is O=C(Nc1ccc(C(=O)N2CCc3cc(C(=O)CC4CC4)sc3-c3cc(Br)ccc32)cc1)c1ccccc1. The van der Waals surface area contributed by atoms with Crippen LogP contribution in [0.15, 0.2) is 83.3 Å². The number of halogens is 1. The third kappa shape index (κ3) is 5.08.